The fourth-order valence-electron chi connectivity index (χ4n) is 1.89. The van der Waals surface area contributed by atoms with Gasteiger partial charge < -0.3 is 9.84 Å². The number of rotatable bonds is 4. The first-order valence-electron chi connectivity index (χ1n) is 6.30. The van der Waals surface area contributed by atoms with E-state index in [4.69, 9.17) is 10.00 Å². The van der Waals surface area contributed by atoms with E-state index in [9.17, 15) is 9.50 Å². The average molecular weight is 350 g/mol. The molecular weight excluding hydrogens is 337 g/mol. The maximum Gasteiger partial charge on any atom is 0.140 e. The van der Waals surface area contributed by atoms with Crippen molar-refractivity contribution in [1.82, 2.24) is 0 Å². The van der Waals surface area contributed by atoms with Gasteiger partial charge in [0.2, 0.25) is 0 Å². The molecule has 2 rings (SSSR count). The number of ether oxygens (including phenoxy) is 1. The van der Waals surface area contributed by atoms with Gasteiger partial charge in [-0.25, -0.2) is 4.39 Å². The van der Waals surface area contributed by atoms with Crippen LogP contribution in [-0.4, -0.2) is 5.11 Å². The summed E-state index contributed by atoms with van der Waals surface area (Å²) < 4.78 is 19.8. The molecule has 0 fully saturated rings. The monoisotopic (exact) mass is 349 g/mol. The van der Waals surface area contributed by atoms with Gasteiger partial charge in [0, 0.05) is 10.0 Å². The Morgan fingerprint density at radius 1 is 1.33 bits per heavy atom. The van der Waals surface area contributed by atoms with Crippen molar-refractivity contribution in [2.45, 2.75) is 19.6 Å². The maximum atomic E-state index is 13.3. The molecule has 0 amide bonds. The SMILES string of the molecule is C[C@@H](O)c1ccc(Br)cc1OCc1ccc(F)c(C#N)c1. The second kappa shape index (κ2) is 6.70. The lowest BCUT2D eigenvalue weighted by molar-refractivity contribution is 0.190. The van der Waals surface area contributed by atoms with Crippen LogP contribution in [0.3, 0.4) is 0 Å². The van der Waals surface area contributed by atoms with E-state index in [1.807, 2.05) is 6.07 Å². The van der Waals surface area contributed by atoms with Gasteiger partial charge in [0.1, 0.15) is 24.2 Å². The average Bonchev–Trinajstić information content (AvgIpc) is 2.46. The first kappa shape index (κ1) is 15.5. The molecule has 2 aromatic rings. The van der Waals surface area contributed by atoms with E-state index in [0.717, 1.165) is 4.47 Å². The number of halogens is 2. The Labute approximate surface area is 130 Å². The summed E-state index contributed by atoms with van der Waals surface area (Å²) in [5.41, 5.74) is 1.34. The summed E-state index contributed by atoms with van der Waals surface area (Å²) in [6, 6.07) is 11.4. The Kier molecular flexibility index (Phi) is 4.94. The molecule has 2 aromatic carbocycles. The van der Waals surface area contributed by atoms with Gasteiger partial charge in [-0.15, -0.1) is 0 Å². The third kappa shape index (κ3) is 3.81. The number of hydrogen-bond donors (Lipinski definition) is 1. The van der Waals surface area contributed by atoms with Crippen molar-refractivity contribution in [3.05, 3.63) is 63.4 Å². The highest BCUT2D eigenvalue weighted by Gasteiger charge is 2.10. The maximum absolute atomic E-state index is 13.3. The highest BCUT2D eigenvalue weighted by atomic mass is 79.9. The fraction of sp³-hybridized carbons (Fsp3) is 0.188. The standard InChI is InChI=1S/C16H13BrFNO2/c1-10(20)14-4-3-13(17)7-16(14)21-9-11-2-5-15(18)12(6-11)8-19/h2-7,10,20H,9H2,1H3/t10-/m1/s1. The van der Waals surface area contributed by atoms with Crippen molar-refractivity contribution in [3.63, 3.8) is 0 Å². The summed E-state index contributed by atoms with van der Waals surface area (Å²) in [5.74, 6) is -0.00409. The highest BCUT2D eigenvalue weighted by Crippen LogP contribution is 2.29. The molecule has 0 aliphatic heterocycles. The summed E-state index contributed by atoms with van der Waals surface area (Å²) in [5, 5.41) is 18.5. The van der Waals surface area contributed by atoms with Crippen LogP contribution in [0.1, 0.15) is 29.7 Å². The highest BCUT2D eigenvalue weighted by molar-refractivity contribution is 9.10. The van der Waals surface area contributed by atoms with Gasteiger partial charge in [-0.3, -0.25) is 0 Å². The van der Waals surface area contributed by atoms with Gasteiger partial charge >= 0.3 is 0 Å². The van der Waals surface area contributed by atoms with Crippen LogP contribution in [0.2, 0.25) is 0 Å². The lowest BCUT2D eigenvalue weighted by Crippen LogP contribution is -2.01. The molecular formula is C16H13BrFNO2. The summed E-state index contributed by atoms with van der Waals surface area (Å²) in [7, 11) is 0. The number of aliphatic hydroxyl groups excluding tert-OH is 1. The third-order valence-corrected chi connectivity index (χ3v) is 3.46. The summed E-state index contributed by atoms with van der Waals surface area (Å²) in [4.78, 5) is 0. The molecule has 0 heterocycles. The van der Waals surface area contributed by atoms with Crippen molar-refractivity contribution in [3.8, 4) is 11.8 Å². The molecule has 0 saturated carbocycles. The molecule has 0 aliphatic carbocycles. The largest absolute Gasteiger partial charge is 0.488 e. The molecule has 0 spiro atoms. The predicted octanol–water partition coefficient (Wildman–Crippen LogP) is 4.09. The van der Waals surface area contributed by atoms with E-state index in [0.29, 0.717) is 16.9 Å². The van der Waals surface area contributed by atoms with Crippen LogP contribution in [0.25, 0.3) is 0 Å². The summed E-state index contributed by atoms with van der Waals surface area (Å²) >= 11 is 3.35. The topological polar surface area (TPSA) is 53.2 Å². The van der Waals surface area contributed by atoms with Crippen molar-refractivity contribution in [2.75, 3.05) is 0 Å². The first-order valence-corrected chi connectivity index (χ1v) is 7.09. The van der Waals surface area contributed by atoms with Gasteiger partial charge in [0.15, 0.2) is 0 Å². The molecule has 0 radical (unpaired) electrons. The molecule has 0 aromatic heterocycles. The van der Waals surface area contributed by atoms with Gasteiger partial charge in [-0.1, -0.05) is 28.1 Å². The van der Waals surface area contributed by atoms with Crippen LogP contribution in [0.15, 0.2) is 40.9 Å². The predicted molar refractivity (Wildman–Crippen MR) is 80.2 cm³/mol. The Morgan fingerprint density at radius 3 is 2.76 bits per heavy atom. The van der Waals surface area contributed by atoms with E-state index in [-0.39, 0.29) is 12.2 Å². The zero-order valence-corrected chi connectivity index (χ0v) is 12.9. The van der Waals surface area contributed by atoms with Gasteiger partial charge in [-0.2, -0.15) is 5.26 Å². The van der Waals surface area contributed by atoms with Gasteiger partial charge in [0.25, 0.3) is 0 Å². The Morgan fingerprint density at radius 2 is 2.10 bits per heavy atom. The fourth-order valence-corrected chi connectivity index (χ4v) is 2.23. The number of nitriles is 1. The third-order valence-electron chi connectivity index (χ3n) is 2.97. The Hall–Kier alpha value is -1.90. The van der Waals surface area contributed by atoms with E-state index >= 15 is 0 Å². The van der Waals surface area contributed by atoms with Crippen molar-refractivity contribution < 1.29 is 14.2 Å². The molecule has 21 heavy (non-hydrogen) atoms. The molecule has 108 valence electrons. The van der Waals surface area contributed by atoms with Crippen LogP contribution in [0.5, 0.6) is 5.75 Å². The molecule has 0 bridgehead atoms. The van der Waals surface area contributed by atoms with Crippen LogP contribution >= 0.6 is 15.9 Å². The minimum Gasteiger partial charge on any atom is -0.488 e. The Balaban J connectivity index is 2.20. The van der Waals surface area contributed by atoms with Crippen molar-refractivity contribution in [1.29, 1.82) is 5.26 Å². The summed E-state index contributed by atoms with van der Waals surface area (Å²) in [6.07, 6.45) is -0.656. The van der Waals surface area contributed by atoms with E-state index in [1.54, 1.807) is 31.2 Å². The number of nitrogens with zero attached hydrogens (tertiary/aromatic N) is 1. The summed E-state index contributed by atoms with van der Waals surface area (Å²) in [6.45, 7) is 1.84. The zero-order valence-electron chi connectivity index (χ0n) is 11.3. The second-order valence-electron chi connectivity index (χ2n) is 4.57. The van der Waals surface area contributed by atoms with Crippen LogP contribution in [0, 0.1) is 17.1 Å². The van der Waals surface area contributed by atoms with E-state index in [2.05, 4.69) is 15.9 Å². The lowest BCUT2D eigenvalue weighted by Gasteiger charge is -2.14. The van der Waals surface area contributed by atoms with Gasteiger partial charge in [0.05, 0.1) is 11.7 Å². The molecule has 0 saturated heterocycles. The van der Waals surface area contributed by atoms with Crippen molar-refractivity contribution in [2.24, 2.45) is 0 Å². The van der Waals surface area contributed by atoms with E-state index in [1.165, 1.54) is 12.1 Å². The number of aliphatic hydroxyl groups is 1. The van der Waals surface area contributed by atoms with Crippen LogP contribution < -0.4 is 4.74 Å². The number of hydrogen-bond acceptors (Lipinski definition) is 3. The van der Waals surface area contributed by atoms with Crippen LogP contribution in [-0.2, 0) is 6.61 Å². The number of benzene rings is 2. The molecule has 5 heteroatoms. The van der Waals surface area contributed by atoms with Crippen molar-refractivity contribution >= 4 is 15.9 Å². The first-order chi connectivity index (χ1) is 10.0. The normalized spacial score (nSPS) is 11.8. The molecule has 1 N–H and O–H groups in total. The molecule has 3 nitrogen and oxygen atoms in total. The minimum absolute atomic E-state index is 0.0129. The zero-order chi connectivity index (χ0) is 15.4. The molecule has 0 unspecified atom stereocenters. The minimum atomic E-state index is -0.656. The lowest BCUT2D eigenvalue weighted by atomic mass is 10.1. The quantitative estimate of drug-likeness (QED) is 0.904. The molecule has 0 aliphatic rings. The van der Waals surface area contributed by atoms with Crippen LogP contribution in [0.4, 0.5) is 4.39 Å². The smallest absolute Gasteiger partial charge is 0.140 e. The second-order valence-corrected chi connectivity index (χ2v) is 5.49. The van der Waals surface area contributed by atoms with E-state index < -0.39 is 11.9 Å². The molecule has 1 atom stereocenters. The Bertz CT molecular complexity index is 695. The van der Waals surface area contributed by atoms with Gasteiger partial charge in [-0.05, 0) is 36.8 Å².